The molecule has 1 aromatic heterocycles. The summed E-state index contributed by atoms with van der Waals surface area (Å²) in [5, 5.41) is 5.56. The quantitative estimate of drug-likeness (QED) is 0.430. The molecule has 1 amide bonds. The lowest BCUT2D eigenvalue weighted by Crippen LogP contribution is -2.12. The second-order valence-corrected chi connectivity index (χ2v) is 8.53. The molecule has 0 aromatic carbocycles. The largest absolute Gasteiger partial charge is 0.461 e. The molecule has 0 bridgehead atoms. The van der Waals surface area contributed by atoms with Gasteiger partial charge in [0, 0.05) is 22.8 Å². The summed E-state index contributed by atoms with van der Waals surface area (Å²) in [5.41, 5.74) is 0.248. The van der Waals surface area contributed by atoms with Gasteiger partial charge in [0.15, 0.2) is 10.8 Å². The Hall–Kier alpha value is -0.730. The van der Waals surface area contributed by atoms with Crippen molar-refractivity contribution < 1.29 is 14.3 Å². The van der Waals surface area contributed by atoms with E-state index in [0.717, 1.165) is 18.1 Å². The molecule has 1 aliphatic heterocycles. The Morgan fingerprint density at radius 2 is 2.32 bits per heavy atom. The minimum atomic E-state index is -0.453. The van der Waals surface area contributed by atoms with Crippen LogP contribution < -0.4 is 5.32 Å². The van der Waals surface area contributed by atoms with Gasteiger partial charge in [-0.3, -0.25) is 4.79 Å². The summed E-state index contributed by atoms with van der Waals surface area (Å²) in [6, 6.07) is 0. The molecule has 1 N–H and O–H groups in total. The number of nitrogens with zero attached hydrogens (tertiary/aromatic N) is 1. The van der Waals surface area contributed by atoms with Crippen molar-refractivity contribution in [2.45, 2.75) is 44.3 Å². The Balaban J connectivity index is 1.65. The number of nitrogens with one attached hydrogen (secondary N) is 1. The molecule has 1 saturated heterocycles. The molecule has 5 nitrogen and oxygen atoms in total. The Kier molecular flexibility index (Phi) is 7.54. The zero-order chi connectivity index (χ0) is 15.8. The third-order valence-corrected chi connectivity index (χ3v) is 6.91. The van der Waals surface area contributed by atoms with Crippen LogP contribution in [-0.4, -0.2) is 34.5 Å². The number of unbranched alkanes of at least 4 members (excludes halogenated alkanes) is 1. The first kappa shape index (κ1) is 17.6. The van der Waals surface area contributed by atoms with Crippen LogP contribution in [0.15, 0.2) is 5.38 Å². The molecular formula is C14H20N2O3S3. The molecule has 1 atom stereocenters. The van der Waals surface area contributed by atoms with Crippen molar-refractivity contribution in [3.8, 4) is 0 Å². The van der Waals surface area contributed by atoms with Crippen LogP contribution in [0.4, 0.5) is 5.13 Å². The van der Waals surface area contributed by atoms with Crippen LogP contribution in [-0.2, 0) is 9.53 Å². The van der Waals surface area contributed by atoms with Crippen molar-refractivity contribution in [2.75, 3.05) is 17.7 Å². The van der Waals surface area contributed by atoms with E-state index in [1.54, 1.807) is 12.3 Å². The molecule has 1 fully saturated rings. The van der Waals surface area contributed by atoms with Gasteiger partial charge in [0.2, 0.25) is 5.91 Å². The van der Waals surface area contributed by atoms with Crippen LogP contribution in [0, 0.1) is 0 Å². The van der Waals surface area contributed by atoms with Crippen molar-refractivity contribution in [2.24, 2.45) is 0 Å². The van der Waals surface area contributed by atoms with E-state index < -0.39 is 5.97 Å². The first-order chi connectivity index (χ1) is 10.7. The number of aromatic nitrogens is 1. The van der Waals surface area contributed by atoms with E-state index >= 15 is 0 Å². The van der Waals surface area contributed by atoms with E-state index in [2.05, 4.69) is 10.3 Å². The number of esters is 1. The third-order valence-electron chi connectivity index (χ3n) is 3.14. The van der Waals surface area contributed by atoms with E-state index in [1.165, 1.54) is 29.9 Å². The van der Waals surface area contributed by atoms with Crippen LogP contribution in [0.25, 0.3) is 0 Å². The van der Waals surface area contributed by atoms with Gasteiger partial charge in [0.05, 0.1) is 6.61 Å². The number of thiazole rings is 1. The summed E-state index contributed by atoms with van der Waals surface area (Å²) >= 11 is 1.24. The maximum absolute atomic E-state index is 11.8. The average Bonchev–Trinajstić information content (AvgIpc) is 3.15. The summed E-state index contributed by atoms with van der Waals surface area (Å²) in [4.78, 5) is 27.4. The molecule has 8 heteroatoms. The molecule has 0 saturated carbocycles. The van der Waals surface area contributed by atoms with Gasteiger partial charge in [-0.15, -0.1) is 11.3 Å². The Morgan fingerprint density at radius 3 is 3.05 bits per heavy atom. The highest BCUT2D eigenvalue weighted by molar-refractivity contribution is 8.77. The fourth-order valence-electron chi connectivity index (χ4n) is 2.03. The van der Waals surface area contributed by atoms with Crippen LogP contribution in [0.5, 0.6) is 0 Å². The standard InChI is InChI=1S/C14H20N2O3S3/c1-2-19-13(18)11-9-20-14(15-11)16-12(17)6-4-3-5-10-7-8-21-22-10/h9-10H,2-8H2,1H3,(H,15,16,17)/t10-/m1/s1. The summed E-state index contributed by atoms with van der Waals surface area (Å²) in [7, 11) is 3.93. The summed E-state index contributed by atoms with van der Waals surface area (Å²) in [6.45, 7) is 2.06. The molecule has 0 unspecified atom stereocenters. The lowest BCUT2D eigenvalue weighted by atomic mass is 10.1. The van der Waals surface area contributed by atoms with Crippen molar-refractivity contribution >= 4 is 49.9 Å². The average molecular weight is 361 g/mol. The molecular weight excluding hydrogens is 340 g/mol. The van der Waals surface area contributed by atoms with Crippen LogP contribution >= 0.6 is 32.9 Å². The molecule has 22 heavy (non-hydrogen) atoms. The molecule has 1 aromatic rings. The van der Waals surface area contributed by atoms with Gasteiger partial charge in [-0.05, 0) is 26.2 Å². The fraction of sp³-hybridized carbons (Fsp3) is 0.643. The molecule has 0 radical (unpaired) electrons. The monoisotopic (exact) mass is 360 g/mol. The topological polar surface area (TPSA) is 68.3 Å². The van der Waals surface area contributed by atoms with Crippen molar-refractivity contribution in [3.05, 3.63) is 11.1 Å². The minimum Gasteiger partial charge on any atom is -0.461 e. The van der Waals surface area contributed by atoms with E-state index in [1.807, 2.05) is 21.6 Å². The number of anilines is 1. The zero-order valence-electron chi connectivity index (χ0n) is 12.5. The summed E-state index contributed by atoms with van der Waals surface area (Å²) in [5.74, 6) is 0.757. The van der Waals surface area contributed by atoms with Gasteiger partial charge < -0.3 is 10.1 Å². The highest BCUT2D eigenvalue weighted by atomic mass is 33.1. The second kappa shape index (κ2) is 9.42. The Bertz CT molecular complexity index is 501. The molecule has 2 heterocycles. The van der Waals surface area contributed by atoms with Gasteiger partial charge >= 0.3 is 5.97 Å². The van der Waals surface area contributed by atoms with Crippen molar-refractivity contribution in [1.82, 2.24) is 4.98 Å². The van der Waals surface area contributed by atoms with Crippen molar-refractivity contribution in [3.63, 3.8) is 0 Å². The van der Waals surface area contributed by atoms with Crippen molar-refractivity contribution in [1.29, 1.82) is 0 Å². The van der Waals surface area contributed by atoms with Gasteiger partial charge in [0.1, 0.15) is 0 Å². The maximum Gasteiger partial charge on any atom is 0.357 e. The number of ether oxygens (including phenoxy) is 1. The van der Waals surface area contributed by atoms with Gasteiger partial charge in [0.25, 0.3) is 0 Å². The summed E-state index contributed by atoms with van der Waals surface area (Å²) in [6.07, 6.45) is 4.95. The Morgan fingerprint density at radius 1 is 1.45 bits per heavy atom. The number of carbonyl (C=O) groups excluding carboxylic acids is 2. The molecule has 1 aliphatic rings. The summed E-state index contributed by atoms with van der Waals surface area (Å²) < 4.78 is 4.86. The van der Waals surface area contributed by atoms with Gasteiger partial charge in [-0.2, -0.15) is 0 Å². The third kappa shape index (κ3) is 5.81. The smallest absolute Gasteiger partial charge is 0.357 e. The highest BCUT2D eigenvalue weighted by Crippen LogP contribution is 2.39. The van der Waals surface area contributed by atoms with Crippen LogP contribution in [0.2, 0.25) is 0 Å². The predicted molar refractivity (Wildman–Crippen MR) is 93.6 cm³/mol. The molecule has 0 aliphatic carbocycles. The van der Waals surface area contributed by atoms with Gasteiger partial charge in [-0.1, -0.05) is 28.0 Å². The molecule has 2 rings (SSSR count). The van der Waals surface area contributed by atoms with E-state index in [0.29, 0.717) is 18.2 Å². The molecule has 122 valence electrons. The van der Waals surface area contributed by atoms with Gasteiger partial charge in [-0.25, -0.2) is 9.78 Å². The highest BCUT2D eigenvalue weighted by Gasteiger charge is 2.16. The van der Waals surface area contributed by atoms with E-state index in [-0.39, 0.29) is 11.6 Å². The Labute approximate surface area is 142 Å². The lowest BCUT2D eigenvalue weighted by molar-refractivity contribution is -0.116. The second-order valence-electron chi connectivity index (χ2n) is 4.88. The lowest BCUT2D eigenvalue weighted by Gasteiger charge is -2.06. The van der Waals surface area contributed by atoms with Crippen LogP contribution in [0.3, 0.4) is 0 Å². The van der Waals surface area contributed by atoms with E-state index in [4.69, 9.17) is 4.74 Å². The normalized spacial score (nSPS) is 17.4. The first-order valence-corrected chi connectivity index (χ1v) is 10.7. The zero-order valence-corrected chi connectivity index (χ0v) is 15.0. The number of amides is 1. The predicted octanol–water partition coefficient (Wildman–Crippen LogP) is 3.97. The number of rotatable bonds is 8. The maximum atomic E-state index is 11.8. The van der Waals surface area contributed by atoms with E-state index in [9.17, 15) is 9.59 Å². The SMILES string of the molecule is CCOC(=O)c1csc(NC(=O)CCCC[C@@H]2CCSS2)n1. The van der Waals surface area contributed by atoms with Crippen LogP contribution in [0.1, 0.15) is 49.5 Å². The number of carbonyl (C=O) groups is 2. The molecule has 0 spiro atoms. The minimum absolute atomic E-state index is 0.0433. The number of hydrogen-bond acceptors (Lipinski definition) is 7. The fourth-order valence-corrected chi connectivity index (χ4v) is 5.76. The number of hydrogen-bond donors (Lipinski definition) is 1. The first-order valence-electron chi connectivity index (χ1n) is 7.39.